The smallest absolute Gasteiger partial charge is 0.263 e. The maximum Gasteiger partial charge on any atom is 0.263 e. The second-order valence-electron chi connectivity index (χ2n) is 7.67. The normalized spacial score (nSPS) is 14.1. The number of anilines is 2. The van der Waals surface area contributed by atoms with Crippen LogP contribution in [0.1, 0.15) is 52.8 Å². The SMILES string of the molecule is O=C(NC1CCCCC1)c1ccccc1C(=O)N(c1ccccc1)c1ccccc1. The van der Waals surface area contributed by atoms with E-state index in [1.54, 1.807) is 23.1 Å². The first-order chi connectivity index (χ1) is 14.7. The molecule has 0 heterocycles. The molecule has 0 atom stereocenters. The molecule has 1 aliphatic rings. The third-order valence-electron chi connectivity index (χ3n) is 5.57. The van der Waals surface area contributed by atoms with Crippen LogP contribution < -0.4 is 10.2 Å². The second-order valence-corrected chi connectivity index (χ2v) is 7.67. The number of hydrogen-bond donors (Lipinski definition) is 1. The first-order valence-corrected chi connectivity index (χ1v) is 10.6. The second kappa shape index (κ2) is 9.40. The summed E-state index contributed by atoms with van der Waals surface area (Å²) < 4.78 is 0. The molecule has 30 heavy (non-hydrogen) atoms. The van der Waals surface area contributed by atoms with Crippen LogP contribution in [0.3, 0.4) is 0 Å². The summed E-state index contributed by atoms with van der Waals surface area (Å²) >= 11 is 0. The van der Waals surface area contributed by atoms with Crippen LogP contribution in [0.15, 0.2) is 84.9 Å². The highest BCUT2D eigenvalue weighted by molar-refractivity contribution is 6.16. The third kappa shape index (κ3) is 4.43. The minimum absolute atomic E-state index is 0.174. The summed E-state index contributed by atoms with van der Waals surface area (Å²) in [5.41, 5.74) is 2.34. The van der Waals surface area contributed by atoms with Crippen LogP contribution in [0.2, 0.25) is 0 Å². The van der Waals surface area contributed by atoms with E-state index in [1.807, 2.05) is 66.7 Å². The number of carbonyl (C=O) groups excluding carboxylic acids is 2. The van der Waals surface area contributed by atoms with Gasteiger partial charge < -0.3 is 5.32 Å². The molecule has 4 heteroatoms. The van der Waals surface area contributed by atoms with Crippen LogP contribution in [-0.4, -0.2) is 17.9 Å². The van der Waals surface area contributed by atoms with Gasteiger partial charge in [0, 0.05) is 17.4 Å². The molecule has 0 bridgehead atoms. The molecular formula is C26H26N2O2. The first kappa shape index (κ1) is 19.9. The van der Waals surface area contributed by atoms with Crippen LogP contribution in [0.4, 0.5) is 11.4 Å². The number of carbonyl (C=O) groups is 2. The number of hydrogen-bond acceptors (Lipinski definition) is 2. The topological polar surface area (TPSA) is 49.4 Å². The Morgan fingerprint density at radius 2 is 1.17 bits per heavy atom. The lowest BCUT2D eigenvalue weighted by Gasteiger charge is -2.25. The standard InChI is InChI=1S/C26H26N2O2/c29-25(27-20-12-4-1-5-13-20)23-18-10-11-19-24(23)26(30)28(21-14-6-2-7-15-21)22-16-8-3-9-17-22/h2-3,6-11,14-20H,1,4-5,12-13H2,(H,27,29). The van der Waals surface area contributed by atoms with Crippen molar-refractivity contribution in [3.63, 3.8) is 0 Å². The lowest BCUT2D eigenvalue weighted by molar-refractivity contribution is 0.0914. The fourth-order valence-corrected chi connectivity index (χ4v) is 4.04. The van der Waals surface area contributed by atoms with E-state index >= 15 is 0 Å². The Labute approximate surface area is 177 Å². The van der Waals surface area contributed by atoms with E-state index in [9.17, 15) is 9.59 Å². The minimum Gasteiger partial charge on any atom is -0.349 e. The van der Waals surface area contributed by atoms with Gasteiger partial charge in [-0.2, -0.15) is 0 Å². The molecule has 0 aliphatic heterocycles. The van der Waals surface area contributed by atoms with Crippen LogP contribution in [0.5, 0.6) is 0 Å². The van der Waals surface area contributed by atoms with Crippen molar-refractivity contribution in [1.82, 2.24) is 5.32 Å². The highest BCUT2D eigenvalue weighted by Crippen LogP contribution is 2.28. The average Bonchev–Trinajstić information content (AvgIpc) is 2.81. The van der Waals surface area contributed by atoms with Gasteiger partial charge in [-0.15, -0.1) is 0 Å². The Morgan fingerprint density at radius 3 is 1.73 bits per heavy atom. The van der Waals surface area contributed by atoms with Crippen molar-refractivity contribution in [3.8, 4) is 0 Å². The molecule has 3 aromatic rings. The summed E-state index contributed by atoms with van der Waals surface area (Å²) in [5, 5.41) is 3.14. The van der Waals surface area contributed by atoms with Gasteiger partial charge in [0.15, 0.2) is 0 Å². The minimum atomic E-state index is -0.221. The molecule has 0 spiro atoms. The summed E-state index contributed by atoms with van der Waals surface area (Å²) in [7, 11) is 0. The van der Waals surface area contributed by atoms with Crippen molar-refractivity contribution in [2.75, 3.05) is 4.90 Å². The van der Waals surface area contributed by atoms with E-state index in [2.05, 4.69) is 5.32 Å². The Bertz CT molecular complexity index is 956. The van der Waals surface area contributed by atoms with Gasteiger partial charge in [0.05, 0.1) is 11.1 Å². The van der Waals surface area contributed by atoms with Crippen molar-refractivity contribution in [3.05, 3.63) is 96.1 Å². The molecule has 4 rings (SSSR count). The quantitative estimate of drug-likeness (QED) is 0.597. The fraction of sp³-hybridized carbons (Fsp3) is 0.231. The molecule has 1 aliphatic carbocycles. The maximum absolute atomic E-state index is 13.7. The predicted molar refractivity (Wildman–Crippen MR) is 120 cm³/mol. The number of rotatable bonds is 5. The van der Waals surface area contributed by atoms with Crippen LogP contribution in [0, 0.1) is 0 Å². The van der Waals surface area contributed by atoms with Crippen molar-refractivity contribution in [2.45, 2.75) is 38.1 Å². The highest BCUT2D eigenvalue weighted by atomic mass is 16.2. The number of nitrogens with zero attached hydrogens (tertiary/aromatic N) is 1. The van der Waals surface area contributed by atoms with Gasteiger partial charge in [-0.25, -0.2) is 0 Å². The average molecular weight is 399 g/mol. The van der Waals surface area contributed by atoms with Gasteiger partial charge in [-0.1, -0.05) is 67.8 Å². The molecule has 4 nitrogen and oxygen atoms in total. The zero-order valence-electron chi connectivity index (χ0n) is 17.0. The molecule has 1 fully saturated rings. The largest absolute Gasteiger partial charge is 0.349 e. The lowest BCUT2D eigenvalue weighted by Crippen LogP contribution is -2.37. The highest BCUT2D eigenvalue weighted by Gasteiger charge is 2.25. The molecular weight excluding hydrogens is 372 g/mol. The molecule has 3 aromatic carbocycles. The molecule has 1 saturated carbocycles. The molecule has 0 radical (unpaired) electrons. The Hall–Kier alpha value is -3.40. The fourth-order valence-electron chi connectivity index (χ4n) is 4.04. The van der Waals surface area contributed by atoms with Gasteiger partial charge in [-0.05, 0) is 49.2 Å². The molecule has 2 amide bonds. The monoisotopic (exact) mass is 398 g/mol. The van der Waals surface area contributed by atoms with Gasteiger partial charge in [0.25, 0.3) is 11.8 Å². The summed E-state index contributed by atoms with van der Waals surface area (Å²) in [6.07, 6.45) is 5.51. The Kier molecular flexibility index (Phi) is 6.23. The summed E-state index contributed by atoms with van der Waals surface area (Å²) in [5.74, 6) is -0.395. The number of amides is 2. The van der Waals surface area contributed by atoms with Crippen LogP contribution >= 0.6 is 0 Å². The Balaban J connectivity index is 1.68. The van der Waals surface area contributed by atoms with E-state index in [0.29, 0.717) is 11.1 Å². The summed E-state index contributed by atoms with van der Waals surface area (Å²) in [6, 6.07) is 26.3. The van der Waals surface area contributed by atoms with Crippen molar-refractivity contribution in [2.24, 2.45) is 0 Å². The first-order valence-electron chi connectivity index (χ1n) is 10.6. The van der Waals surface area contributed by atoms with Crippen LogP contribution in [-0.2, 0) is 0 Å². The van der Waals surface area contributed by atoms with E-state index in [4.69, 9.17) is 0 Å². The van der Waals surface area contributed by atoms with E-state index in [0.717, 1.165) is 37.1 Å². The molecule has 0 aromatic heterocycles. The van der Waals surface area contributed by atoms with Crippen molar-refractivity contribution in [1.29, 1.82) is 0 Å². The van der Waals surface area contributed by atoms with Crippen LogP contribution in [0.25, 0.3) is 0 Å². The van der Waals surface area contributed by atoms with E-state index in [1.165, 1.54) is 6.42 Å². The lowest BCUT2D eigenvalue weighted by atomic mass is 9.95. The Morgan fingerprint density at radius 1 is 0.667 bits per heavy atom. The number of benzene rings is 3. The zero-order chi connectivity index (χ0) is 20.8. The molecule has 0 unspecified atom stereocenters. The van der Waals surface area contributed by atoms with Gasteiger partial charge in [0.1, 0.15) is 0 Å². The van der Waals surface area contributed by atoms with Gasteiger partial charge >= 0.3 is 0 Å². The van der Waals surface area contributed by atoms with E-state index < -0.39 is 0 Å². The van der Waals surface area contributed by atoms with Gasteiger partial charge in [0.2, 0.25) is 0 Å². The maximum atomic E-state index is 13.7. The summed E-state index contributed by atoms with van der Waals surface area (Å²) in [6.45, 7) is 0. The van der Waals surface area contributed by atoms with E-state index in [-0.39, 0.29) is 17.9 Å². The molecule has 1 N–H and O–H groups in total. The number of nitrogens with one attached hydrogen (secondary N) is 1. The van der Waals surface area contributed by atoms with Crippen molar-refractivity contribution < 1.29 is 9.59 Å². The molecule has 152 valence electrons. The third-order valence-corrected chi connectivity index (χ3v) is 5.57. The van der Waals surface area contributed by atoms with Gasteiger partial charge in [-0.3, -0.25) is 14.5 Å². The summed E-state index contributed by atoms with van der Waals surface area (Å²) in [4.78, 5) is 28.4. The number of para-hydroxylation sites is 2. The predicted octanol–water partition coefficient (Wildman–Crippen LogP) is 5.73. The van der Waals surface area contributed by atoms with Crippen molar-refractivity contribution >= 4 is 23.2 Å². The zero-order valence-corrected chi connectivity index (χ0v) is 17.0. The molecule has 0 saturated heterocycles.